The van der Waals surface area contributed by atoms with Crippen molar-refractivity contribution in [2.24, 2.45) is 11.3 Å². The van der Waals surface area contributed by atoms with Gasteiger partial charge in [0.25, 0.3) is 0 Å². The Morgan fingerprint density at radius 3 is 2.00 bits per heavy atom. The first-order valence-corrected chi connectivity index (χ1v) is 6.37. The van der Waals surface area contributed by atoms with Crippen LogP contribution in [0.1, 0.15) is 54.4 Å². The van der Waals surface area contributed by atoms with Crippen LogP contribution in [0, 0.1) is 11.3 Å². The molecular formula is C14H27NO. The summed E-state index contributed by atoms with van der Waals surface area (Å²) in [6.07, 6.45) is 1.77. The molecule has 1 heterocycles. The van der Waals surface area contributed by atoms with Crippen LogP contribution >= 0.6 is 0 Å². The molecule has 1 fully saturated rings. The van der Waals surface area contributed by atoms with Crippen molar-refractivity contribution in [1.82, 2.24) is 4.90 Å². The molecule has 2 nitrogen and oxygen atoms in total. The second kappa shape index (κ2) is 4.48. The normalized spacial score (nSPS) is 19.6. The lowest BCUT2D eigenvalue weighted by atomic mass is 9.83. The van der Waals surface area contributed by atoms with Crippen molar-refractivity contribution < 1.29 is 4.79 Å². The van der Waals surface area contributed by atoms with Crippen LogP contribution in [0.25, 0.3) is 0 Å². The Morgan fingerprint density at radius 2 is 1.62 bits per heavy atom. The van der Waals surface area contributed by atoms with Crippen LogP contribution in [-0.4, -0.2) is 29.3 Å². The minimum absolute atomic E-state index is 0.223. The zero-order valence-corrected chi connectivity index (χ0v) is 11.8. The summed E-state index contributed by atoms with van der Waals surface area (Å²) in [5, 5.41) is 0. The van der Waals surface area contributed by atoms with E-state index < -0.39 is 0 Å². The summed E-state index contributed by atoms with van der Waals surface area (Å²) < 4.78 is 0. The van der Waals surface area contributed by atoms with E-state index in [0.717, 1.165) is 25.9 Å². The number of hydrogen-bond donors (Lipinski definition) is 0. The number of nitrogens with zero attached hydrogens (tertiary/aromatic N) is 1. The van der Waals surface area contributed by atoms with Gasteiger partial charge in [-0.2, -0.15) is 0 Å². The molecule has 1 rings (SSSR count). The van der Waals surface area contributed by atoms with Gasteiger partial charge in [-0.05, 0) is 32.6 Å². The van der Waals surface area contributed by atoms with Crippen molar-refractivity contribution >= 4 is 5.78 Å². The Morgan fingerprint density at radius 1 is 1.12 bits per heavy atom. The summed E-state index contributed by atoms with van der Waals surface area (Å²) in [4.78, 5) is 14.3. The average Bonchev–Trinajstić information content (AvgIpc) is 1.93. The van der Waals surface area contributed by atoms with Gasteiger partial charge >= 0.3 is 0 Å². The first-order valence-electron chi connectivity index (χ1n) is 6.37. The first-order chi connectivity index (χ1) is 7.09. The number of likely N-dealkylation sites (tertiary alicyclic amines) is 1. The maximum absolute atomic E-state index is 11.9. The average molecular weight is 225 g/mol. The van der Waals surface area contributed by atoms with Crippen LogP contribution in [0.4, 0.5) is 0 Å². The third-order valence-corrected chi connectivity index (χ3v) is 3.41. The van der Waals surface area contributed by atoms with Crippen LogP contribution in [0.3, 0.4) is 0 Å². The zero-order chi connectivity index (χ0) is 12.6. The smallest absolute Gasteiger partial charge is 0.138 e. The van der Waals surface area contributed by atoms with Gasteiger partial charge in [-0.3, -0.25) is 9.69 Å². The minimum atomic E-state index is 0.223. The molecule has 0 aromatic rings. The molecule has 0 N–H and O–H groups in total. The second-order valence-electron chi connectivity index (χ2n) is 7.30. The number of hydrogen-bond acceptors (Lipinski definition) is 2. The molecule has 0 amide bonds. The molecule has 16 heavy (non-hydrogen) atoms. The van der Waals surface area contributed by atoms with E-state index >= 15 is 0 Å². The van der Waals surface area contributed by atoms with Crippen LogP contribution in [0.15, 0.2) is 0 Å². The van der Waals surface area contributed by atoms with E-state index in [1.165, 1.54) is 0 Å². The molecule has 2 heteroatoms. The lowest BCUT2D eigenvalue weighted by Gasteiger charge is -2.47. The fourth-order valence-corrected chi connectivity index (χ4v) is 1.93. The van der Waals surface area contributed by atoms with Gasteiger partial charge in [0.2, 0.25) is 0 Å². The molecule has 0 spiro atoms. The largest absolute Gasteiger partial charge is 0.299 e. The van der Waals surface area contributed by atoms with Gasteiger partial charge in [-0.25, -0.2) is 0 Å². The van der Waals surface area contributed by atoms with Crippen LogP contribution in [0.5, 0.6) is 0 Å². The Hall–Kier alpha value is -0.370. The number of carbonyl (C=O) groups excluding carboxylic acids is 1. The maximum Gasteiger partial charge on any atom is 0.138 e. The zero-order valence-electron chi connectivity index (χ0n) is 11.8. The number of Topliss-reactive ketones (excluding diaryl/α,β-unsaturated/α-hetero) is 1. The summed E-state index contributed by atoms with van der Waals surface area (Å²) in [7, 11) is 0. The van der Waals surface area contributed by atoms with Gasteiger partial charge in [0.05, 0.1) is 0 Å². The number of ketones is 1. The Balaban J connectivity index is 2.28. The molecule has 0 saturated carbocycles. The van der Waals surface area contributed by atoms with Gasteiger partial charge in [-0.15, -0.1) is 0 Å². The monoisotopic (exact) mass is 225 g/mol. The topological polar surface area (TPSA) is 20.3 Å². The lowest BCUT2D eigenvalue weighted by Crippen LogP contribution is -2.58. The van der Waals surface area contributed by atoms with E-state index in [1.807, 2.05) is 0 Å². The SMILES string of the molecule is CC(C)(C)CCC(=O)C1CN(C(C)(C)C)C1. The molecule has 0 aromatic carbocycles. The quantitative estimate of drug-likeness (QED) is 0.735. The van der Waals surface area contributed by atoms with Gasteiger partial charge in [0.1, 0.15) is 5.78 Å². The molecule has 0 unspecified atom stereocenters. The van der Waals surface area contributed by atoms with Crippen molar-refractivity contribution in [3.05, 3.63) is 0 Å². The van der Waals surface area contributed by atoms with Crippen LogP contribution in [-0.2, 0) is 4.79 Å². The Kier molecular flexibility index (Phi) is 3.83. The molecule has 0 aromatic heterocycles. The summed E-state index contributed by atoms with van der Waals surface area (Å²) in [6, 6.07) is 0. The highest BCUT2D eigenvalue weighted by molar-refractivity contribution is 5.82. The summed E-state index contributed by atoms with van der Waals surface area (Å²) in [6.45, 7) is 15.2. The lowest BCUT2D eigenvalue weighted by molar-refractivity contribution is -0.131. The third kappa shape index (κ3) is 3.89. The van der Waals surface area contributed by atoms with Crippen molar-refractivity contribution in [3.8, 4) is 0 Å². The predicted octanol–water partition coefficient (Wildman–Crippen LogP) is 3.11. The van der Waals surface area contributed by atoms with E-state index in [2.05, 4.69) is 46.4 Å². The molecule has 0 atom stereocenters. The van der Waals surface area contributed by atoms with Gasteiger partial charge < -0.3 is 0 Å². The first kappa shape index (κ1) is 13.7. The number of carbonyl (C=O) groups is 1. The van der Waals surface area contributed by atoms with E-state index in [4.69, 9.17) is 0 Å². The molecule has 0 radical (unpaired) electrons. The van der Waals surface area contributed by atoms with Gasteiger partial charge in [0, 0.05) is 31.0 Å². The van der Waals surface area contributed by atoms with Crippen molar-refractivity contribution in [3.63, 3.8) is 0 Å². The third-order valence-electron chi connectivity index (χ3n) is 3.41. The van der Waals surface area contributed by atoms with E-state index in [9.17, 15) is 4.79 Å². The van der Waals surface area contributed by atoms with Crippen molar-refractivity contribution in [2.45, 2.75) is 59.9 Å². The fraction of sp³-hybridized carbons (Fsp3) is 0.929. The van der Waals surface area contributed by atoms with Crippen LogP contribution in [0.2, 0.25) is 0 Å². The van der Waals surface area contributed by atoms with Crippen LogP contribution < -0.4 is 0 Å². The summed E-state index contributed by atoms with van der Waals surface area (Å²) in [5.74, 6) is 0.775. The number of rotatable bonds is 3. The molecule has 1 aliphatic rings. The summed E-state index contributed by atoms with van der Waals surface area (Å²) in [5.41, 5.74) is 0.504. The molecule has 0 bridgehead atoms. The Bertz CT molecular complexity index is 251. The maximum atomic E-state index is 11.9. The van der Waals surface area contributed by atoms with Gasteiger partial charge in [0.15, 0.2) is 0 Å². The fourth-order valence-electron chi connectivity index (χ4n) is 1.93. The highest BCUT2D eigenvalue weighted by atomic mass is 16.1. The van der Waals surface area contributed by atoms with Gasteiger partial charge in [-0.1, -0.05) is 20.8 Å². The van der Waals surface area contributed by atoms with Crippen molar-refractivity contribution in [1.29, 1.82) is 0 Å². The molecule has 94 valence electrons. The standard InChI is InChI=1S/C14H27NO/c1-13(2,3)8-7-12(16)11-9-15(10-11)14(4,5)6/h11H,7-10H2,1-6H3. The van der Waals surface area contributed by atoms with Crippen molar-refractivity contribution in [2.75, 3.05) is 13.1 Å². The highest BCUT2D eigenvalue weighted by Crippen LogP contribution is 2.28. The molecule has 0 aliphatic carbocycles. The minimum Gasteiger partial charge on any atom is -0.299 e. The predicted molar refractivity (Wildman–Crippen MR) is 68.5 cm³/mol. The van der Waals surface area contributed by atoms with E-state index in [-0.39, 0.29) is 11.0 Å². The van der Waals surface area contributed by atoms with E-state index in [1.54, 1.807) is 0 Å². The summed E-state index contributed by atoms with van der Waals surface area (Å²) >= 11 is 0. The molecular weight excluding hydrogens is 198 g/mol. The molecule has 1 aliphatic heterocycles. The highest BCUT2D eigenvalue weighted by Gasteiger charge is 2.37. The molecule has 1 saturated heterocycles. The Labute approximate surface area is 100 Å². The van der Waals surface area contributed by atoms with E-state index in [0.29, 0.717) is 11.7 Å². The second-order valence-corrected chi connectivity index (χ2v) is 7.30.